The van der Waals surface area contributed by atoms with E-state index in [1.807, 2.05) is 0 Å². The van der Waals surface area contributed by atoms with Crippen LogP contribution in [0.15, 0.2) is 53.7 Å². The molecule has 1 unspecified atom stereocenters. The van der Waals surface area contributed by atoms with E-state index >= 15 is 0 Å². The Kier molecular flexibility index (Phi) is 4.37. The lowest BCUT2D eigenvalue weighted by atomic mass is 10.2. The molecule has 0 saturated carbocycles. The van der Waals surface area contributed by atoms with E-state index < -0.39 is 10.0 Å². The number of fused-ring (bicyclic) bond motifs is 1. The molecule has 3 aromatic rings. The van der Waals surface area contributed by atoms with Gasteiger partial charge in [0.05, 0.1) is 6.04 Å². The first-order valence-corrected chi connectivity index (χ1v) is 9.82. The number of aromatic amines is 1. The highest BCUT2D eigenvalue weighted by atomic mass is 32.2. The summed E-state index contributed by atoms with van der Waals surface area (Å²) in [4.78, 5) is 7.29. The predicted octanol–water partition coefficient (Wildman–Crippen LogP) is 2.93. The van der Waals surface area contributed by atoms with Gasteiger partial charge in [0.25, 0.3) is 0 Å². The van der Waals surface area contributed by atoms with Crippen LogP contribution in [0.25, 0.3) is 11.0 Å². The number of aromatic nitrogens is 2. The lowest BCUT2D eigenvalue weighted by molar-refractivity contribution is 0.232. The normalized spacial score (nSPS) is 18.4. The van der Waals surface area contributed by atoms with Gasteiger partial charge in [-0.15, -0.1) is 0 Å². The molecular formula is C18H18FN3O3S. The highest BCUT2D eigenvalue weighted by Crippen LogP contribution is 2.30. The number of hydrogen-bond donors (Lipinski definition) is 1. The number of H-pyrrole nitrogens is 1. The predicted molar refractivity (Wildman–Crippen MR) is 94.9 cm³/mol. The molecule has 0 amide bonds. The Balaban J connectivity index is 1.56. The fourth-order valence-electron chi connectivity index (χ4n) is 3.29. The summed E-state index contributed by atoms with van der Waals surface area (Å²) in [6.45, 7) is 0.679. The lowest BCUT2D eigenvalue weighted by Gasteiger charge is -2.24. The van der Waals surface area contributed by atoms with Gasteiger partial charge in [0.1, 0.15) is 28.7 Å². The molecule has 8 heteroatoms. The van der Waals surface area contributed by atoms with Gasteiger partial charge in [-0.2, -0.15) is 4.31 Å². The molecule has 4 rings (SSSR count). The zero-order chi connectivity index (χ0) is 18.1. The van der Waals surface area contributed by atoms with Crippen LogP contribution in [0, 0.1) is 5.82 Å². The van der Waals surface area contributed by atoms with Crippen LogP contribution in [0.4, 0.5) is 4.39 Å². The topological polar surface area (TPSA) is 75.3 Å². The van der Waals surface area contributed by atoms with E-state index in [4.69, 9.17) is 4.74 Å². The fourth-order valence-corrected chi connectivity index (χ4v) is 5.12. The van der Waals surface area contributed by atoms with Crippen molar-refractivity contribution in [1.29, 1.82) is 0 Å². The zero-order valence-electron chi connectivity index (χ0n) is 13.9. The van der Waals surface area contributed by atoms with Gasteiger partial charge in [0.15, 0.2) is 0 Å². The third-order valence-corrected chi connectivity index (χ3v) is 6.57. The van der Waals surface area contributed by atoms with Gasteiger partial charge in [-0.25, -0.2) is 17.8 Å². The van der Waals surface area contributed by atoms with Gasteiger partial charge in [-0.3, -0.25) is 0 Å². The number of pyridine rings is 1. The monoisotopic (exact) mass is 375 g/mol. The molecule has 1 fully saturated rings. The minimum atomic E-state index is -3.66. The molecule has 0 radical (unpaired) electrons. The van der Waals surface area contributed by atoms with Crippen molar-refractivity contribution in [1.82, 2.24) is 14.3 Å². The molecular weight excluding hydrogens is 357 g/mol. The first kappa shape index (κ1) is 17.0. The highest BCUT2D eigenvalue weighted by Gasteiger charge is 2.37. The number of hydrogen-bond acceptors (Lipinski definition) is 4. The highest BCUT2D eigenvalue weighted by molar-refractivity contribution is 7.89. The van der Waals surface area contributed by atoms with E-state index in [0.29, 0.717) is 23.3 Å². The molecule has 1 N–H and O–H groups in total. The number of nitrogens with one attached hydrogen (secondary N) is 1. The number of rotatable bonds is 5. The Morgan fingerprint density at radius 2 is 2.08 bits per heavy atom. The number of ether oxygens (including phenoxy) is 1. The summed E-state index contributed by atoms with van der Waals surface area (Å²) >= 11 is 0. The standard InChI is InChI=1S/C18H18FN3O3S/c19-13-5-7-15(8-6-13)25-12-14-3-2-10-22(14)26(23,24)17-11-21-18-16(17)4-1-9-20-18/h1,4-9,11,14H,2-3,10,12H2,(H,20,21). The second kappa shape index (κ2) is 6.69. The maximum absolute atomic E-state index is 13.1. The van der Waals surface area contributed by atoms with Gasteiger partial charge in [-0.1, -0.05) is 0 Å². The molecule has 0 spiro atoms. The zero-order valence-corrected chi connectivity index (χ0v) is 14.7. The van der Waals surface area contributed by atoms with Crippen LogP contribution in [0.5, 0.6) is 5.75 Å². The summed E-state index contributed by atoms with van der Waals surface area (Å²) in [6.07, 6.45) is 4.60. The number of nitrogens with zero attached hydrogens (tertiary/aromatic N) is 2. The smallest absolute Gasteiger partial charge is 0.245 e. The fraction of sp³-hybridized carbons (Fsp3) is 0.278. The summed E-state index contributed by atoms with van der Waals surface area (Å²) in [5.41, 5.74) is 0.546. The third kappa shape index (κ3) is 3.06. The Morgan fingerprint density at radius 3 is 2.88 bits per heavy atom. The molecule has 1 atom stereocenters. The summed E-state index contributed by atoms with van der Waals surface area (Å²) in [7, 11) is -3.66. The third-order valence-electron chi connectivity index (χ3n) is 4.58. The van der Waals surface area contributed by atoms with Crippen LogP contribution in [-0.4, -0.2) is 41.9 Å². The first-order chi connectivity index (χ1) is 12.6. The largest absolute Gasteiger partial charge is 0.492 e. The summed E-state index contributed by atoms with van der Waals surface area (Å²) < 4.78 is 46.5. The second-order valence-corrected chi connectivity index (χ2v) is 8.09. The quantitative estimate of drug-likeness (QED) is 0.744. The average molecular weight is 375 g/mol. The van der Waals surface area contributed by atoms with Crippen LogP contribution < -0.4 is 4.74 Å². The van der Waals surface area contributed by atoms with Crippen LogP contribution in [0.1, 0.15) is 12.8 Å². The molecule has 2 aromatic heterocycles. The van der Waals surface area contributed by atoms with Crippen LogP contribution in [0.3, 0.4) is 0 Å². The Labute approximate surface area is 150 Å². The number of halogens is 1. The Morgan fingerprint density at radius 1 is 1.27 bits per heavy atom. The molecule has 3 heterocycles. The van der Waals surface area contributed by atoms with E-state index in [2.05, 4.69) is 9.97 Å². The van der Waals surface area contributed by atoms with E-state index in [9.17, 15) is 12.8 Å². The SMILES string of the molecule is O=S(=O)(c1c[nH]c2ncccc12)N1CCCC1COc1ccc(F)cc1. The molecule has 1 aliphatic heterocycles. The maximum Gasteiger partial charge on any atom is 0.245 e. The molecule has 136 valence electrons. The van der Waals surface area contributed by atoms with Gasteiger partial charge in [-0.05, 0) is 49.2 Å². The Bertz CT molecular complexity index is 1020. The van der Waals surface area contributed by atoms with Gasteiger partial charge in [0, 0.05) is 24.3 Å². The van der Waals surface area contributed by atoms with Crippen molar-refractivity contribution in [3.63, 3.8) is 0 Å². The maximum atomic E-state index is 13.1. The van der Waals surface area contributed by atoms with Crippen molar-refractivity contribution in [2.24, 2.45) is 0 Å². The van der Waals surface area contributed by atoms with E-state index in [0.717, 1.165) is 12.8 Å². The molecule has 1 aromatic carbocycles. The van der Waals surface area contributed by atoms with Crippen molar-refractivity contribution in [2.45, 2.75) is 23.8 Å². The second-order valence-electron chi connectivity index (χ2n) is 6.23. The van der Waals surface area contributed by atoms with Crippen molar-refractivity contribution in [3.8, 4) is 5.75 Å². The number of benzene rings is 1. The van der Waals surface area contributed by atoms with Crippen molar-refractivity contribution < 1.29 is 17.5 Å². The molecule has 0 aliphatic carbocycles. The van der Waals surface area contributed by atoms with Gasteiger partial charge >= 0.3 is 0 Å². The average Bonchev–Trinajstić information content (AvgIpc) is 3.29. The van der Waals surface area contributed by atoms with E-state index in [1.165, 1.54) is 34.8 Å². The van der Waals surface area contributed by atoms with Crippen molar-refractivity contribution >= 4 is 21.1 Å². The lowest BCUT2D eigenvalue weighted by Crippen LogP contribution is -2.38. The summed E-state index contributed by atoms with van der Waals surface area (Å²) in [6, 6.07) is 8.91. The van der Waals surface area contributed by atoms with Crippen LogP contribution >= 0.6 is 0 Å². The first-order valence-electron chi connectivity index (χ1n) is 8.38. The number of sulfonamides is 1. The van der Waals surface area contributed by atoms with Crippen molar-refractivity contribution in [2.75, 3.05) is 13.2 Å². The summed E-state index contributed by atoms with van der Waals surface area (Å²) in [5.74, 6) is 0.183. The summed E-state index contributed by atoms with van der Waals surface area (Å²) in [5, 5.41) is 0.581. The van der Waals surface area contributed by atoms with Crippen LogP contribution in [0.2, 0.25) is 0 Å². The Hall–Kier alpha value is -2.45. The molecule has 1 saturated heterocycles. The molecule has 1 aliphatic rings. The van der Waals surface area contributed by atoms with Gasteiger partial charge < -0.3 is 9.72 Å². The molecule has 6 nitrogen and oxygen atoms in total. The van der Waals surface area contributed by atoms with E-state index in [-0.39, 0.29) is 23.4 Å². The minimum Gasteiger partial charge on any atom is -0.492 e. The minimum absolute atomic E-state index is 0.228. The molecule has 26 heavy (non-hydrogen) atoms. The van der Waals surface area contributed by atoms with Crippen LogP contribution in [-0.2, 0) is 10.0 Å². The van der Waals surface area contributed by atoms with E-state index in [1.54, 1.807) is 18.3 Å². The molecule has 0 bridgehead atoms. The van der Waals surface area contributed by atoms with Gasteiger partial charge in [0.2, 0.25) is 10.0 Å². The van der Waals surface area contributed by atoms with Crippen molar-refractivity contribution in [3.05, 3.63) is 54.6 Å².